The minimum Gasteiger partial charge on any atom is -0.464 e. The molecular formula is C21H23NO2. The smallest absolute Gasteiger partial charge is 0.225 e. The van der Waals surface area contributed by atoms with Gasteiger partial charge in [-0.2, -0.15) is 0 Å². The van der Waals surface area contributed by atoms with Gasteiger partial charge < -0.3 is 9.73 Å². The SMILES string of the molecule is Cc1cc2occ(CC(=O)NC(C)c3ccccc3C)c2cc1C. The molecule has 0 bridgehead atoms. The number of furan rings is 1. The molecule has 0 aliphatic carbocycles. The highest BCUT2D eigenvalue weighted by molar-refractivity contribution is 5.88. The van der Waals surface area contributed by atoms with Gasteiger partial charge in [0, 0.05) is 10.9 Å². The average Bonchev–Trinajstić information content (AvgIpc) is 2.90. The third-order valence-electron chi connectivity index (χ3n) is 4.65. The lowest BCUT2D eigenvalue weighted by Crippen LogP contribution is -2.28. The molecular weight excluding hydrogens is 298 g/mol. The highest BCUT2D eigenvalue weighted by Crippen LogP contribution is 2.25. The number of hydrogen-bond donors (Lipinski definition) is 1. The van der Waals surface area contributed by atoms with Gasteiger partial charge in [0.05, 0.1) is 18.7 Å². The molecule has 1 atom stereocenters. The number of aryl methyl sites for hydroxylation is 3. The molecule has 0 radical (unpaired) electrons. The number of benzene rings is 2. The molecule has 3 nitrogen and oxygen atoms in total. The lowest BCUT2D eigenvalue weighted by Gasteiger charge is -2.16. The largest absolute Gasteiger partial charge is 0.464 e. The van der Waals surface area contributed by atoms with Gasteiger partial charge in [-0.05, 0) is 62.1 Å². The van der Waals surface area contributed by atoms with Crippen molar-refractivity contribution in [2.75, 3.05) is 0 Å². The van der Waals surface area contributed by atoms with Crippen molar-refractivity contribution in [1.82, 2.24) is 5.32 Å². The Balaban J connectivity index is 1.76. The van der Waals surface area contributed by atoms with Crippen molar-refractivity contribution in [3.63, 3.8) is 0 Å². The van der Waals surface area contributed by atoms with E-state index >= 15 is 0 Å². The first-order valence-electron chi connectivity index (χ1n) is 8.28. The van der Waals surface area contributed by atoms with Crippen molar-refractivity contribution >= 4 is 16.9 Å². The van der Waals surface area contributed by atoms with Gasteiger partial charge >= 0.3 is 0 Å². The van der Waals surface area contributed by atoms with Crippen LogP contribution >= 0.6 is 0 Å². The van der Waals surface area contributed by atoms with E-state index in [-0.39, 0.29) is 11.9 Å². The second kappa shape index (κ2) is 6.52. The standard InChI is InChI=1S/C21H23NO2/c1-13-7-5-6-8-18(13)16(4)22-21(23)11-17-12-24-20-10-15(3)14(2)9-19(17)20/h5-10,12,16H,11H2,1-4H3,(H,22,23). The molecule has 3 heteroatoms. The fourth-order valence-corrected chi connectivity index (χ4v) is 3.09. The monoisotopic (exact) mass is 321 g/mol. The fourth-order valence-electron chi connectivity index (χ4n) is 3.09. The van der Waals surface area contributed by atoms with Crippen LogP contribution in [0.2, 0.25) is 0 Å². The maximum absolute atomic E-state index is 12.4. The van der Waals surface area contributed by atoms with E-state index < -0.39 is 0 Å². The maximum Gasteiger partial charge on any atom is 0.225 e. The molecule has 0 fully saturated rings. The quantitative estimate of drug-likeness (QED) is 0.751. The van der Waals surface area contributed by atoms with Gasteiger partial charge in [-0.25, -0.2) is 0 Å². The molecule has 0 aliphatic heterocycles. The number of fused-ring (bicyclic) bond motifs is 1. The predicted molar refractivity (Wildman–Crippen MR) is 97.1 cm³/mol. The summed E-state index contributed by atoms with van der Waals surface area (Å²) in [5, 5.41) is 4.11. The third-order valence-corrected chi connectivity index (χ3v) is 4.65. The normalized spacial score (nSPS) is 12.3. The fraction of sp³-hybridized carbons (Fsp3) is 0.286. The number of hydrogen-bond acceptors (Lipinski definition) is 2. The highest BCUT2D eigenvalue weighted by Gasteiger charge is 2.15. The molecule has 3 rings (SSSR count). The van der Waals surface area contributed by atoms with Crippen LogP contribution in [0.25, 0.3) is 11.0 Å². The molecule has 0 saturated carbocycles. The number of nitrogens with one attached hydrogen (secondary N) is 1. The van der Waals surface area contributed by atoms with Crippen molar-refractivity contribution in [1.29, 1.82) is 0 Å². The van der Waals surface area contributed by atoms with Crippen LogP contribution in [-0.4, -0.2) is 5.91 Å². The van der Waals surface area contributed by atoms with E-state index in [0.717, 1.165) is 22.1 Å². The van der Waals surface area contributed by atoms with Crippen LogP contribution < -0.4 is 5.32 Å². The first kappa shape index (κ1) is 16.3. The zero-order chi connectivity index (χ0) is 17.3. The van der Waals surface area contributed by atoms with Gasteiger partial charge in [-0.3, -0.25) is 4.79 Å². The lowest BCUT2D eigenvalue weighted by molar-refractivity contribution is -0.121. The van der Waals surface area contributed by atoms with Gasteiger partial charge in [0.2, 0.25) is 5.91 Å². The van der Waals surface area contributed by atoms with E-state index in [9.17, 15) is 4.79 Å². The summed E-state index contributed by atoms with van der Waals surface area (Å²) >= 11 is 0. The van der Waals surface area contributed by atoms with E-state index in [1.54, 1.807) is 6.26 Å². The van der Waals surface area contributed by atoms with Crippen molar-refractivity contribution in [2.45, 2.75) is 40.2 Å². The zero-order valence-corrected chi connectivity index (χ0v) is 14.6. The highest BCUT2D eigenvalue weighted by atomic mass is 16.3. The van der Waals surface area contributed by atoms with Crippen molar-refractivity contribution in [2.24, 2.45) is 0 Å². The van der Waals surface area contributed by atoms with Crippen LogP contribution in [0.5, 0.6) is 0 Å². The molecule has 0 aliphatic rings. The van der Waals surface area contributed by atoms with Crippen LogP contribution in [0, 0.1) is 20.8 Å². The van der Waals surface area contributed by atoms with Crippen molar-refractivity contribution in [3.05, 3.63) is 70.5 Å². The summed E-state index contributed by atoms with van der Waals surface area (Å²) in [7, 11) is 0. The van der Waals surface area contributed by atoms with Crippen LogP contribution in [0.15, 0.2) is 47.1 Å². The summed E-state index contributed by atoms with van der Waals surface area (Å²) in [5.74, 6) is 0.00619. The van der Waals surface area contributed by atoms with Crippen LogP contribution in [0.4, 0.5) is 0 Å². The molecule has 1 N–H and O–H groups in total. The Bertz CT molecular complexity index is 892. The predicted octanol–water partition coefficient (Wildman–Crippen LogP) is 4.78. The minimum absolute atomic E-state index is 0.00619. The summed E-state index contributed by atoms with van der Waals surface area (Å²) in [6.45, 7) is 8.22. The van der Waals surface area contributed by atoms with Crippen LogP contribution in [-0.2, 0) is 11.2 Å². The molecule has 3 aromatic rings. The Morgan fingerprint density at radius 2 is 1.79 bits per heavy atom. The molecule has 0 saturated heterocycles. The summed E-state index contributed by atoms with van der Waals surface area (Å²) < 4.78 is 5.61. The first-order chi connectivity index (χ1) is 11.5. The summed E-state index contributed by atoms with van der Waals surface area (Å²) in [6.07, 6.45) is 2.02. The van der Waals surface area contributed by atoms with Crippen molar-refractivity contribution < 1.29 is 9.21 Å². The molecule has 1 heterocycles. The van der Waals surface area contributed by atoms with Gasteiger partial charge in [-0.1, -0.05) is 24.3 Å². The van der Waals surface area contributed by atoms with E-state index in [1.165, 1.54) is 16.7 Å². The van der Waals surface area contributed by atoms with Gasteiger partial charge in [-0.15, -0.1) is 0 Å². The average molecular weight is 321 g/mol. The molecule has 124 valence electrons. The Morgan fingerprint density at radius 1 is 1.08 bits per heavy atom. The molecule has 0 spiro atoms. The number of carbonyl (C=O) groups is 1. The zero-order valence-electron chi connectivity index (χ0n) is 14.6. The molecule has 1 aromatic heterocycles. The lowest BCUT2D eigenvalue weighted by atomic mass is 10.0. The Kier molecular flexibility index (Phi) is 4.43. The maximum atomic E-state index is 12.4. The number of rotatable bonds is 4. The minimum atomic E-state index is -0.0131. The number of amides is 1. The Labute approximate surface area is 142 Å². The molecule has 24 heavy (non-hydrogen) atoms. The van der Waals surface area contributed by atoms with Crippen LogP contribution in [0.3, 0.4) is 0 Å². The molecule has 2 aromatic carbocycles. The second-order valence-electron chi connectivity index (χ2n) is 6.52. The third kappa shape index (κ3) is 3.21. The second-order valence-corrected chi connectivity index (χ2v) is 6.52. The van der Waals surface area contributed by atoms with Gasteiger partial charge in [0.25, 0.3) is 0 Å². The van der Waals surface area contributed by atoms with E-state index in [1.807, 2.05) is 25.1 Å². The van der Waals surface area contributed by atoms with Crippen LogP contribution in [0.1, 0.15) is 40.8 Å². The molecule has 1 amide bonds. The first-order valence-corrected chi connectivity index (χ1v) is 8.28. The Morgan fingerprint density at radius 3 is 2.54 bits per heavy atom. The summed E-state index contributed by atoms with van der Waals surface area (Å²) in [4.78, 5) is 12.4. The van der Waals surface area contributed by atoms with Gasteiger partial charge in [0.1, 0.15) is 5.58 Å². The topological polar surface area (TPSA) is 42.2 Å². The van der Waals surface area contributed by atoms with E-state index in [4.69, 9.17) is 4.42 Å². The summed E-state index contributed by atoms with van der Waals surface area (Å²) in [6, 6.07) is 12.2. The van der Waals surface area contributed by atoms with Gasteiger partial charge in [0.15, 0.2) is 0 Å². The van der Waals surface area contributed by atoms with E-state index in [0.29, 0.717) is 6.42 Å². The number of carbonyl (C=O) groups excluding carboxylic acids is 1. The Hall–Kier alpha value is -2.55. The molecule has 1 unspecified atom stereocenters. The summed E-state index contributed by atoms with van der Waals surface area (Å²) in [5.41, 5.74) is 6.51. The van der Waals surface area contributed by atoms with Crippen molar-refractivity contribution in [3.8, 4) is 0 Å². The van der Waals surface area contributed by atoms with E-state index in [2.05, 4.69) is 44.3 Å².